The minimum atomic E-state index is -0.465. The molecule has 0 spiro atoms. The number of hydrogen-bond acceptors (Lipinski definition) is 8. The van der Waals surface area contributed by atoms with Gasteiger partial charge in [-0.05, 0) is 69.0 Å². The van der Waals surface area contributed by atoms with Crippen molar-refractivity contribution in [2.24, 2.45) is 7.05 Å². The van der Waals surface area contributed by atoms with Gasteiger partial charge in [-0.3, -0.25) is 29.5 Å². The van der Waals surface area contributed by atoms with E-state index >= 15 is 0 Å². The second kappa shape index (κ2) is 14.8. The number of ether oxygens (including phenoxy) is 3. The summed E-state index contributed by atoms with van der Waals surface area (Å²) in [7, 11) is 5.09. The van der Waals surface area contributed by atoms with Crippen molar-refractivity contribution in [3.63, 3.8) is 0 Å². The lowest BCUT2D eigenvalue weighted by Gasteiger charge is -2.37. The summed E-state index contributed by atoms with van der Waals surface area (Å²) in [5, 5.41) is 2.33. The highest BCUT2D eigenvalue weighted by atomic mass is 16.5. The molecule has 260 valence electrons. The second-order valence-electron chi connectivity index (χ2n) is 13.1. The first-order valence-electron chi connectivity index (χ1n) is 16.9. The standard InChI is InChI=1S/C37H45N5O7/c1-24-18-26(22-39(2)35(24)44)31-21-32(47-3)27(20-33(31)48-4)23-40-13-8-29(9-14-40)49-30-10-15-41(16-11-30)36(45)25-6-5-7-28(19-25)42-17-12-34(43)38-37(42)46/h5-7,18-22,29-30H,8-17,23H2,1-4H3,(H,38,43,46). The fourth-order valence-corrected chi connectivity index (χ4v) is 7.05. The molecule has 12 nitrogen and oxygen atoms in total. The average molecular weight is 672 g/mol. The molecule has 0 unspecified atom stereocenters. The highest BCUT2D eigenvalue weighted by molar-refractivity contribution is 6.06. The highest BCUT2D eigenvalue weighted by Crippen LogP contribution is 2.37. The second-order valence-corrected chi connectivity index (χ2v) is 13.1. The fourth-order valence-electron chi connectivity index (χ4n) is 7.05. The molecule has 3 saturated heterocycles. The number of benzene rings is 2. The molecular formula is C37H45N5O7. The number of carbonyl (C=O) groups is 3. The Balaban J connectivity index is 0.998. The molecule has 6 rings (SSSR count). The van der Waals surface area contributed by atoms with E-state index in [4.69, 9.17) is 14.2 Å². The molecule has 12 heteroatoms. The molecule has 0 saturated carbocycles. The number of urea groups is 1. The fraction of sp³-hybridized carbons (Fsp3) is 0.459. The third-order valence-electron chi connectivity index (χ3n) is 9.78. The zero-order valence-corrected chi connectivity index (χ0v) is 28.7. The summed E-state index contributed by atoms with van der Waals surface area (Å²) in [5.41, 5.74) is 4.59. The van der Waals surface area contributed by atoms with Crippen molar-refractivity contribution in [2.45, 2.75) is 57.8 Å². The molecule has 1 N–H and O–H groups in total. The van der Waals surface area contributed by atoms with Gasteiger partial charge in [-0.15, -0.1) is 0 Å². The van der Waals surface area contributed by atoms with Gasteiger partial charge >= 0.3 is 6.03 Å². The summed E-state index contributed by atoms with van der Waals surface area (Å²) in [6.07, 6.45) is 5.75. The Kier molecular flexibility index (Phi) is 10.4. The number of aryl methyl sites for hydroxylation is 2. The van der Waals surface area contributed by atoms with Gasteiger partial charge in [-0.2, -0.15) is 0 Å². The van der Waals surface area contributed by atoms with Crippen LogP contribution in [0.1, 0.15) is 53.6 Å². The van der Waals surface area contributed by atoms with E-state index in [1.54, 1.807) is 50.1 Å². The molecular weight excluding hydrogens is 626 g/mol. The molecule has 0 atom stereocenters. The number of rotatable bonds is 9. The van der Waals surface area contributed by atoms with E-state index in [0.717, 1.165) is 73.5 Å². The number of methoxy groups -OCH3 is 2. The Morgan fingerprint density at radius 3 is 2.22 bits per heavy atom. The molecule has 3 aliphatic rings. The average Bonchev–Trinajstić information content (AvgIpc) is 3.11. The number of amides is 4. The summed E-state index contributed by atoms with van der Waals surface area (Å²) in [6.45, 7) is 5.85. The minimum Gasteiger partial charge on any atom is -0.496 e. The number of carbonyl (C=O) groups excluding carboxylic acids is 3. The molecule has 2 aromatic carbocycles. The summed E-state index contributed by atoms with van der Waals surface area (Å²) in [4.78, 5) is 55.2. The Bertz CT molecular complexity index is 1750. The molecule has 3 aromatic rings. The molecule has 0 radical (unpaired) electrons. The largest absolute Gasteiger partial charge is 0.496 e. The van der Waals surface area contributed by atoms with Crippen LogP contribution in [0.2, 0.25) is 0 Å². The number of nitrogens with zero attached hydrogens (tertiary/aromatic N) is 4. The maximum Gasteiger partial charge on any atom is 0.328 e. The van der Waals surface area contributed by atoms with Crippen LogP contribution in [0, 0.1) is 6.92 Å². The van der Waals surface area contributed by atoms with E-state index in [9.17, 15) is 19.2 Å². The number of imide groups is 1. The van der Waals surface area contributed by atoms with Crippen molar-refractivity contribution >= 4 is 23.5 Å². The first-order valence-corrected chi connectivity index (χ1v) is 16.9. The normalized spacial score (nSPS) is 18.0. The topological polar surface area (TPSA) is 123 Å². The van der Waals surface area contributed by atoms with E-state index in [1.807, 2.05) is 36.2 Å². The van der Waals surface area contributed by atoms with Crippen molar-refractivity contribution in [1.29, 1.82) is 0 Å². The zero-order valence-electron chi connectivity index (χ0n) is 28.7. The van der Waals surface area contributed by atoms with Crippen molar-refractivity contribution in [1.82, 2.24) is 19.7 Å². The van der Waals surface area contributed by atoms with Gasteiger partial charge in [-0.1, -0.05) is 6.07 Å². The van der Waals surface area contributed by atoms with Crippen LogP contribution in [0.25, 0.3) is 11.1 Å². The summed E-state index contributed by atoms with van der Waals surface area (Å²) in [6, 6.07) is 12.5. The first-order chi connectivity index (χ1) is 23.6. The number of pyridine rings is 1. The SMILES string of the molecule is COc1cc(-c2cc(C)c(=O)n(C)c2)c(OC)cc1CN1CCC(OC2CCN(C(=O)c3cccc(N4CCC(=O)NC4=O)c3)CC2)CC1. The summed E-state index contributed by atoms with van der Waals surface area (Å²) in [5.74, 6) is 1.16. The Morgan fingerprint density at radius 2 is 1.57 bits per heavy atom. The van der Waals surface area contributed by atoms with Crippen LogP contribution in [0.3, 0.4) is 0 Å². The van der Waals surface area contributed by atoms with E-state index in [-0.39, 0.29) is 36.0 Å². The number of hydrogen-bond donors (Lipinski definition) is 1. The van der Waals surface area contributed by atoms with Gasteiger partial charge in [0.2, 0.25) is 5.91 Å². The van der Waals surface area contributed by atoms with Crippen LogP contribution < -0.4 is 25.2 Å². The van der Waals surface area contributed by atoms with Crippen LogP contribution in [-0.4, -0.2) is 91.4 Å². The van der Waals surface area contributed by atoms with Crippen molar-refractivity contribution in [3.05, 3.63) is 75.7 Å². The van der Waals surface area contributed by atoms with Gasteiger partial charge < -0.3 is 23.7 Å². The molecule has 4 heterocycles. The quantitative estimate of drug-likeness (QED) is 0.361. The van der Waals surface area contributed by atoms with Crippen molar-refractivity contribution in [2.75, 3.05) is 51.8 Å². The van der Waals surface area contributed by atoms with E-state index in [2.05, 4.69) is 10.2 Å². The lowest BCUT2D eigenvalue weighted by Crippen LogP contribution is -2.49. The van der Waals surface area contributed by atoms with Crippen LogP contribution in [-0.2, 0) is 23.1 Å². The Morgan fingerprint density at radius 1 is 0.878 bits per heavy atom. The van der Waals surface area contributed by atoms with Gasteiger partial charge in [0.15, 0.2) is 0 Å². The predicted molar refractivity (Wildman–Crippen MR) is 185 cm³/mol. The van der Waals surface area contributed by atoms with Crippen LogP contribution in [0.4, 0.5) is 10.5 Å². The molecule has 0 aliphatic carbocycles. The molecule has 0 bridgehead atoms. The van der Waals surface area contributed by atoms with Crippen molar-refractivity contribution in [3.8, 4) is 22.6 Å². The summed E-state index contributed by atoms with van der Waals surface area (Å²) < 4.78 is 19.7. The maximum absolute atomic E-state index is 13.3. The molecule has 3 aliphatic heterocycles. The van der Waals surface area contributed by atoms with E-state index in [0.29, 0.717) is 36.4 Å². The maximum atomic E-state index is 13.3. The highest BCUT2D eigenvalue weighted by Gasteiger charge is 2.30. The summed E-state index contributed by atoms with van der Waals surface area (Å²) >= 11 is 0. The van der Waals surface area contributed by atoms with Gasteiger partial charge in [0, 0.05) is 92.4 Å². The zero-order chi connectivity index (χ0) is 34.7. The first kappa shape index (κ1) is 34.2. The lowest BCUT2D eigenvalue weighted by molar-refractivity contribution is -0.120. The monoisotopic (exact) mass is 671 g/mol. The number of anilines is 1. The smallest absolute Gasteiger partial charge is 0.328 e. The number of nitrogens with one attached hydrogen (secondary N) is 1. The minimum absolute atomic E-state index is 0.0237. The van der Waals surface area contributed by atoms with E-state index in [1.165, 1.54) is 4.90 Å². The molecule has 1 aromatic heterocycles. The third-order valence-corrected chi connectivity index (χ3v) is 9.78. The van der Waals surface area contributed by atoms with Gasteiger partial charge in [0.05, 0.1) is 26.4 Å². The van der Waals surface area contributed by atoms with Gasteiger partial charge in [0.1, 0.15) is 11.5 Å². The third kappa shape index (κ3) is 7.65. The number of likely N-dealkylation sites (tertiary alicyclic amines) is 2. The van der Waals surface area contributed by atoms with Crippen LogP contribution in [0.5, 0.6) is 11.5 Å². The van der Waals surface area contributed by atoms with Crippen LogP contribution >= 0.6 is 0 Å². The lowest BCUT2D eigenvalue weighted by atomic mass is 10.00. The molecule has 3 fully saturated rings. The van der Waals surface area contributed by atoms with E-state index < -0.39 is 6.03 Å². The molecule has 49 heavy (non-hydrogen) atoms. The van der Waals surface area contributed by atoms with Crippen LogP contribution in [0.15, 0.2) is 53.5 Å². The van der Waals surface area contributed by atoms with Crippen molar-refractivity contribution < 1.29 is 28.6 Å². The predicted octanol–water partition coefficient (Wildman–Crippen LogP) is 4.11. The van der Waals surface area contributed by atoms with Gasteiger partial charge in [0.25, 0.3) is 11.5 Å². The Hall–Kier alpha value is -4.68. The Labute approximate surface area is 286 Å². The number of aromatic nitrogens is 1. The number of piperidine rings is 2. The molecule has 4 amide bonds. The van der Waals surface area contributed by atoms with Gasteiger partial charge in [-0.25, -0.2) is 4.79 Å².